The summed E-state index contributed by atoms with van der Waals surface area (Å²) in [5.74, 6) is 0. The van der Waals surface area contributed by atoms with Gasteiger partial charge in [-0.25, -0.2) is 9.97 Å². The Morgan fingerprint density at radius 2 is 2.23 bits per heavy atom. The van der Waals surface area contributed by atoms with E-state index in [0.717, 1.165) is 23.1 Å². The molecule has 0 atom stereocenters. The fourth-order valence-corrected chi connectivity index (χ4v) is 1.86. The van der Waals surface area contributed by atoms with E-state index in [0.29, 0.717) is 5.15 Å². The number of fused-ring (bicyclic) bond motifs is 1. The van der Waals surface area contributed by atoms with E-state index in [1.165, 1.54) is 11.9 Å². The van der Waals surface area contributed by atoms with Crippen molar-refractivity contribution in [1.82, 2.24) is 15.0 Å². The summed E-state index contributed by atoms with van der Waals surface area (Å²) in [6.07, 6.45) is 2.42. The van der Waals surface area contributed by atoms with Crippen LogP contribution in [0.5, 0.6) is 0 Å². The van der Waals surface area contributed by atoms with Crippen molar-refractivity contribution in [2.75, 3.05) is 0 Å². The maximum atomic E-state index is 5.98. The Kier molecular flexibility index (Phi) is 1.96. The third-order valence-electron chi connectivity index (χ3n) is 2.21. The molecule has 2 aromatic heterocycles. The number of aromatic nitrogens is 3. The highest BCUT2D eigenvalue weighted by Gasteiger charge is 2.10. The van der Waals surface area contributed by atoms with Gasteiger partial charge in [0.1, 0.15) is 17.1 Å². The van der Waals surface area contributed by atoms with Crippen LogP contribution in [0.1, 0.15) is 18.2 Å². The molecule has 0 spiro atoms. The normalized spacial score (nSPS) is 11.0. The van der Waals surface area contributed by atoms with Crippen LogP contribution in [0.15, 0.2) is 6.33 Å². The first-order chi connectivity index (χ1) is 6.24. The lowest BCUT2D eigenvalue weighted by Crippen LogP contribution is -1.84. The number of nitrogens with zero attached hydrogens (tertiary/aromatic N) is 2. The van der Waals surface area contributed by atoms with Crippen molar-refractivity contribution in [1.29, 1.82) is 0 Å². The van der Waals surface area contributed by atoms with Gasteiger partial charge in [0.25, 0.3) is 0 Å². The molecule has 0 unspecified atom stereocenters. The number of aromatic amines is 1. The smallest absolute Gasteiger partial charge is 0.142 e. The van der Waals surface area contributed by atoms with Crippen LogP contribution in [0.4, 0.5) is 0 Å². The molecule has 13 heavy (non-hydrogen) atoms. The molecule has 0 aromatic carbocycles. The van der Waals surface area contributed by atoms with Gasteiger partial charge in [0.2, 0.25) is 0 Å². The summed E-state index contributed by atoms with van der Waals surface area (Å²) in [4.78, 5) is 11.3. The molecular weight excluding hydrogens is 186 g/mol. The number of hydrogen-bond donors (Lipinski definition) is 1. The van der Waals surface area contributed by atoms with Crippen LogP contribution in [0.2, 0.25) is 5.15 Å². The largest absolute Gasteiger partial charge is 0.343 e. The third kappa shape index (κ3) is 1.20. The molecule has 4 heteroatoms. The summed E-state index contributed by atoms with van der Waals surface area (Å²) in [6.45, 7) is 4.12. The van der Waals surface area contributed by atoms with Gasteiger partial charge in [0.05, 0.1) is 5.39 Å². The molecule has 0 bridgehead atoms. The Labute approximate surface area is 81.2 Å². The van der Waals surface area contributed by atoms with Crippen molar-refractivity contribution < 1.29 is 0 Å². The molecule has 0 saturated carbocycles. The molecule has 3 nitrogen and oxygen atoms in total. The highest BCUT2D eigenvalue weighted by molar-refractivity contribution is 6.34. The Bertz CT molecular complexity index is 447. The number of rotatable bonds is 1. The summed E-state index contributed by atoms with van der Waals surface area (Å²) in [5, 5.41) is 1.50. The first kappa shape index (κ1) is 8.51. The predicted molar refractivity (Wildman–Crippen MR) is 53.0 cm³/mol. The van der Waals surface area contributed by atoms with Crippen molar-refractivity contribution in [3.63, 3.8) is 0 Å². The standard InChI is InChI=1S/C9H10ClN3/c1-3-6-5(2)13-9-7(6)8(10)11-4-12-9/h4H,3H2,1-2H3,(H,11,12,13). The molecule has 0 radical (unpaired) electrons. The maximum absolute atomic E-state index is 5.98. The molecule has 0 aliphatic heterocycles. The van der Waals surface area contributed by atoms with Gasteiger partial charge in [-0.05, 0) is 18.9 Å². The van der Waals surface area contributed by atoms with Gasteiger partial charge in [-0.1, -0.05) is 18.5 Å². The maximum Gasteiger partial charge on any atom is 0.142 e. The molecule has 0 aliphatic carbocycles. The minimum Gasteiger partial charge on any atom is -0.343 e. The third-order valence-corrected chi connectivity index (χ3v) is 2.50. The van der Waals surface area contributed by atoms with Crippen molar-refractivity contribution in [2.24, 2.45) is 0 Å². The molecule has 68 valence electrons. The molecule has 0 fully saturated rings. The lowest BCUT2D eigenvalue weighted by atomic mass is 10.1. The molecule has 0 saturated heterocycles. The molecule has 1 N–H and O–H groups in total. The summed E-state index contributed by atoms with van der Waals surface area (Å²) < 4.78 is 0. The molecule has 2 aromatic rings. The fourth-order valence-electron chi connectivity index (χ4n) is 1.61. The van der Waals surface area contributed by atoms with Gasteiger partial charge < -0.3 is 4.98 Å². The second kappa shape index (κ2) is 3.00. The summed E-state index contributed by atoms with van der Waals surface area (Å²) in [7, 11) is 0. The Balaban J connectivity index is 2.88. The van der Waals surface area contributed by atoms with Gasteiger partial charge in [-0.3, -0.25) is 0 Å². The van der Waals surface area contributed by atoms with Crippen molar-refractivity contribution >= 4 is 22.6 Å². The van der Waals surface area contributed by atoms with Crippen LogP contribution >= 0.6 is 11.6 Å². The van der Waals surface area contributed by atoms with E-state index in [1.54, 1.807) is 0 Å². The Morgan fingerprint density at radius 3 is 2.92 bits per heavy atom. The fraction of sp³-hybridized carbons (Fsp3) is 0.333. The Morgan fingerprint density at radius 1 is 1.46 bits per heavy atom. The number of halogens is 1. The van der Waals surface area contributed by atoms with Crippen molar-refractivity contribution in [3.8, 4) is 0 Å². The molecular formula is C9H10ClN3. The van der Waals surface area contributed by atoms with Gasteiger partial charge in [0, 0.05) is 5.69 Å². The summed E-state index contributed by atoms with van der Waals surface area (Å²) in [6, 6.07) is 0. The first-order valence-electron chi connectivity index (χ1n) is 4.21. The minimum atomic E-state index is 0.534. The second-order valence-corrected chi connectivity index (χ2v) is 3.33. The van der Waals surface area contributed by atoms with Crippen LogP contribution in [-0.2, 0) is 6.42 Å². The number of hydrogen-bond acceptors (Lipinski definition) is 2. The van der Waals surface area contributed by atoms with Gasteiger partial charge in [0.15, 0.2) is 0 Å². The molecule has 0 amide bonds. The summed E-state index contributed by atoms with van der Waals surface area (Å²) >= 11 is 5.98. The average molecular weight is 196 g/mol. The quantitative estimate of drug-likeness (QED) is 0.711. The van der Waals surface area contributed by atoms with E-state index in [1.807, 2.05) is 6.92 Å². The monoisotopic (exact) mass is 195 g/mol. The van der Waals surface area contributed by atoms with Crippen LogP contribution in [0.25, 0.3) is 11.0 Å². The predicted octanol–water partition coefficient (Wildman–Crippen LogP) is 2.48. The highest BCUT2D eigenvalue weighted by atomic mass is 35.5. The van der Waals surface area contributed by atoms with Gasteiger partial charge in [-0.15, -0.1) is 0 Å². The van der Waals surface area contributed by atoms with Gasteiger partial charge in [-0.2, -0.15) is 0 Å². The zero-order valence-electron chi connectivity index (χ0n) is 7.56. The van der Waals surface area contributed by atoms with Crippen LogP contribution in [0, 0.1) is 6.92 Å². The lowest BCUT2D eigenvalue weighted by molar-refractivity contribution is 1.11. The zero-order chi connectivity index (χ0) is 9.42. The molecule has 2 rings (SSSR count). The molecule has 0 aliphatic rings. The van der Waals surface area contributed by atoms with E-state index < -0.39 is 0 Å². The zero-order valence-corrected chi connectivity index (χ0v) is 8.31. The first-order valence-corrected chi connectivity index (χ1v) is 4.59. The number of nitrogens with one attached hydrogen (secondary N) is 1. The Hall–Kier alpha value is -1.09. The van der Waals surface area contributed by atoms with E-state index in [-0.39, 0.29) is 0 Å². The topological polar surface area (TPSA) is 41.6 Å². The van der Waals surface area contributed by atoms with Crippen molar-refractivity contribution in [3.05, 3.63) is 22.7 Å². The molecule has 2 heterocycles. The van der Waals surface area contributed by atoms with Crippen LogP contribution in [0.3, 0.4) is 0 Å². The second-order valence-electron chi connectivity index (χ2n) is 2.97. The van der Waals surface area contributed by atoms with Gasteiger partial charge >= 0.3 is 0 Å². The lowest BCUT2D eigenvalue weighted by Gasteiger charge is -1.95. The van der Waals surface area contributed by atoms with E-state index >= 15 is 0 Å². The van der Waals surface area contributed by atoms with E-state index in [9.17, 15) is 0 Å². The van der Waals surface area contributed by atoms with Crippen LogP contribution in [-0.4, -0.2) is 15.0 Å². The minimum absolute atomic E-state index is 0.534. The average Bonchev–Trinajstić information content (AvgIpc) is 2.42. The van der Waals surface area contributed by atoms with Crippen LogP contribution < -0.4 is 0 Å². The summed E-state index contributed by atoms with van der Waals surface area (Å²) in [5.41, 5.74) is 3.16. The SMILES string of the molecule is CCc1c(C)[nH]c2ncnc(Cl)c12. The van der Waals surface area contributed by atoms with Crippen molar-refractivity contribution in [2.45, 2.75) is 20.3 Å². The number of H-pyrrole nitrogens is 1. The van der Waals surface area contributed by atoms with E-state index in [4.69, 9.17) is 11.6 Å². The number of aryl methyl sites for hydroxylation is 2. The van der Waals surface area contributed by atoms with E-state index in [2.05, 4.69) is 21.9 Å². The highest BCUT2D eigenvalue weighted by Crippen LogP contribution is 2.25.